The third-order valence-electron chi connectivity index (χ3n) is 6.42. The lowest BCUT2D eigenvalue weighted by atomic mass is 9.53. The zero-order valence-electron chi connectivity index (χ0n) is 13.3. The first-order chi connectivity index (χ1) is 11.6. The minimum atomic E-state index is -0.663. The number of ether oxygens (including phenoxy) is 1. The number of rotatable bonds is 2. The molecule has 5 heteroatoms. The minimum absolute atomic E-state index is 0.0837. The minimum Gasteiger partial charge on any atom is -0.504 e. The average Bonchev–Trinajstić information content (AvgIpc) is 2.90. The number of phenolic OH excluding ortho intramolecular Hbond substituents is 1. The van der Waals surface area contributed by atoms with E-state index >= 15 is 0 Å². The Balaban J connectivity index is 1.79. The lowest BCUT2D eigenvalue weighted by Gasteiger charge is -2.57. The first-order valence-electron chi connectivity index (χ1n) is 8.50. The van der Waals surface area contributed by atoms with E-state index in [4.69, 9.17) is 16.3 Å². The molecule has 0 amide bonds. The quantitative estimate of drug-likeness (QED) is 0.808. The number of benzene rings is 1. The molecule has 2 aliphatic heterocycles. The predicted molar refractivity (Wildman–Crippen MR) is 91.7 cm³/mol. The van der Waals surface area contributed by atoms with Crippen LogP contribution in [0.3, 0.4) is 0 Å². The van der Waals surface area contributed by atoms with Crippen molar-refractivity contribution in [2.75, 3.05) is 13.1 Å². The van der Waals surface area contributed by atoms with Gasteiger partial charge < -0.3 is 14.9 Å². The number of halogens is 1. The molecule has 2 heterocycles. The first-order valence-corrected chi connectivity index (χ1v) is 8.88. The molecular formula is C19H20ClNO3. The molecule has 24 heavy (non-hydrogen) atoms. The lowest BCUT2D eigenvalue weighted by molar-refractivity contribution is -0.0488. The molecule has 0 aromatic heterocycles. The maximum absolute atomic E-state index is 10.6. The van der Waals surface area contributed by atoms with Crippen LogP contribution < -0.4 is 4.74 Å². The topological polar surface area (TPSA) is 52.9 Å². The first kappa shape index (κ1) is 14.8. The van der Waals surface area contributed by atoms with E-state index in [9.17, 15) is 10.2 Å². The van der Waals surface area contributed by atoms with Gasteiger partial charge in [-0.25, -0.2) is 0 Å². The SMILES string of the molecule is C=CCN1CCC23c4c5c(Cl)cc(O)c4O[C@H]2[C@@H](O)C=C[C@H]3C1C5. The highest BCUT2D eigenvalue weighted by Crippen LogP contribution is 2.63. The van der Waals surface area contributed by atoms with Gasteiger partial charge >= 0.3 is 0 Å². The Morgan fingerprint density at radius 3 is 3.08 bits per heavy atom. The number of hydrogen-bond donors (Lipinski definition) is 2. The highest BCUT2D eigenvalue weighted by Gasteiger charge is 2.64. The van der Waals surface area contributed by atoms with Crippen LogP contribution in [0.25, 0.3) is 0 Å². The largest absolute Gasteiger partial charge is 0.504 e. The van der Waals surface area contributed by atoms with Gasteiger partial charge in [-0.05, 0) is 24.9 Å². The molecule has 1 saturated heterocycles. The molecule has 126 valence electrons. The Morgan fingerprint density at radius 2 is 2.29 bits per heavy atom. The molecule has 1 aromatic rings. The fraction of sp³-hybridized carbons (Fsp3) is 0.474. The summed E-state index contributed by atoms with van der Waals surface area (Å²) in [5.41, 5.74) is 1.83. The van der Waals surface area contributed by atoms with Crippen LogP contribution in [0.15, 0.2) is 30.9 Å². The average molecular weight is 346 g/mol. The van der Waals surface area contributed by atoms with Gasteiger partial charge in [-0.2, -0.15) is 0 Å². The third-order valence-corrected chi connectivity index (χ3v) is 6.76. The van der Waals surface area contributed by atoms with E-state index < -0.39 is 6.10 Å². The van der Waals surface area contributed by atoms with Gasteiger partial charge in [0.25, 0.3) is 0 Å². The molecular weight excluding hydrogens is 326 g/mol. The molecule has 4 aliphatic rings. The number of likely N-dealkylation sites (tertiary alicyclic amines) is 1. The second kappa shape index (κ2) is 4.78. The molecule has 1 spiro atoms. The predicted octanol–water partition coefficient (Wildman–Crippen LogP) is 2.41. The molecule has 1 aromatic carbocycles. The number of aliphatic hydroxyl groups excluding tert-OH is 1. The normalized spacial score (nSPS) is 38.6. The van der Waals surface area contributed by atoms with Crippen LogP contribution >= 0.6 is 11.6 Å². The summed E-state index contributed by atoms with van der Waals surface area (Å²) in [5, 5.41) is 21.5. The van der Waals surface area contributed by atoms with E-state index in [2.05, 4.69) is 17.6 Å². The fourth-order valence-corrected chi connectivity index (χ4v) is 5.84. The van der Waals surface area contributed by atoms with Crippen LogP contribution in [-0.4, -0.2) is 46.5 Å². The number of aliphatic hydroxyl groups is 1. The van der Waals surface area contributed by atoms with Gasteiger partial charge in [0.1, 0.15) is 12.2 Å². The molecule has 2 aliphatic carbocycles. The van der Waals surface area contributed by atoms with Gasteiger partial charge in [0, 0.05) is 40.6 Å². The maximum Gasteiger partial charge on any atom is 0.165 e. The Labute approximate surface area is 146 Å². The number of phenols is 1. The zero-order valence-corrected chi connectivity index (χ0v) is 14.0. The van der Waals surface area contributed by atoms with Crippen molar-refractivity contribution in [2.24, 2.45) is 5.92 Å². The molecule has 2 unspecified atom stereocenters. The van der Waals surface area contributed by atoms with Crippen LogP contribution in [0, 0.1) is 5.92 Å². The summed E-state index contributed by atoms with van der Waals surface area (Å²) in [6, 6.07) is 1.89. The van der Waals surface area contributed by atoms with Crippen LogP contribution in [0.2, 0.25) is 5.02 Å². The number of aromatic hydroxyl groups is 1. The van der Waals surface area contributed by atoms with E-state index in [0.29, 0.717) is 16.8 Å². The second-order valence-corrected chi connectivity index (χ2v) is 7.75. The standard InChI is InChI=1S/C19H20ClNO3/c1-2-6-21-7-5-19-11-3-4-14(22)18(19)24-17-15(23)9-12(20)10(16(17)19)8-13(11)21/h2-4,9,11,13-14,18,22-23H,1,5-8H2/t11-,13?,14-,18-,19?/m0/s1. The summed E-state index contributed by atoms with van der Waals surface area (Å²) in [4.78, 5) is 2.45. The van der Waals surface area contributed by atoms with Crippen LogP contribution in [0.1, 0.15) is 17.5 Å². The highest BCUT2D eigenvalue weighted by atomic mass is 35.5. The summed E-state index contributed by atoms with van der Waals surface area (Å²) < 4.78 is 6.12. The molecule has 1 fully saturated rings. The summed E-state index contributed by atoms with van der Waals surface area (Å²) in [5.74, 6) is 0.870. The summed E-state index contributed by atoms with van der Waals surface area (Å²) >= 11 is 6.50. The van der Waals surface area contributed by atoms with E-state index in [0.717, 1.165) is 37.1 Å². The molecule has 5 rings (SSSR count). The highest BCUT2D eigenvalue weighted by molar-refractivity contribution is 6.31. The molecule has 2 N–H and O–H groups in total. The van der Waals surface area contributed by atoms with Crippen LogP contribution in [0.4, 0.5) is 0 Å². The number of nitrogens with zero attached hydrogens (tertiary/aromatic N) is 1. The maximum atomic E-state index is 10.6. The Hall–Kier alpha value is -1.49. The van der Waals surface area contributed by atoms with Crippen molar-refractivity contribution in [1.29, 1.82) is 0 Å². The summed E-state index contributed by atoms with van der Waals surface area (Å²) in [6.45, 7) is 5.66. The van der Waals surface area contributed by atoms with Crippen molar-refractivity contribution in [3.05, 3.63) is 47.0 Å². The summed E-state index contributed by atoms with van der Waals surface area (Å²) in [7, 11) is 0. The smallest absolute Gasteiger partial charge is 0.165 e. The van der Waals surface area contributed by atoms with Crippen molar-refractivity contribution in [1.82, 2.24) is 4.90 Å². The zero-order chi connectivity index (χ0) is 16.6. The van der Waals surface area contributed by atoms with Crippen LogP contribution in [-0.2, 0) is 11.8 Å². The molecule has 5 atom stereocenters. The monoisotopic (exact) mass is 345 g/mol. The van der Waals surface area contributed by atoms with Crippen molar-refractivity contribution in [3.63, 3.8) is 0 Å². The van der Waals surface area contributed by atoms with Gasteiger partial charge in [0.2, 0.25) is 0 Å². The van der Waals surface area contributed by atoms with E-state index in [-0.39, 0.29) is 23.2 Å². The summed E-state index contributed by atoms with van der Waals surface area (Å²) in [6.07, 6.45) is 6.66. The van der Waals surface area contributed by atoms with Gasteiger partial charge in [-0.1, -0.05) is 29.8 Å². The molecule has 0 radical (unpaired) electrons. The van der Waals surface area contributed by atoms with E-state index in [1.165, 1.54) is 0 Å². The second-order valence-electron chi connectivity index (χ2n) is 7.35. The van der Waals surface area contributed by atoms with Gasteiger partial charge in [-0.3, -0.25) is 4.90 Å². The molecule has 4 nitrogen and oxygen atoms in total. The van der Waals surface area contributed by atoms with E-state index in [1.54, 1.807) is 6.07 Å². The van der Waals surface area contributed by atoms with Crippen molar-refractivity contribution in [2.45, 2.75) is 36.5 Å². The Bertz CT molecular complexity index is 776. The fourth-order valence-electron chi connectivity index (χ4n) is 5.56. The van der Waals surface area contributed by atoms with Gasteiger partial charge in [0.15, 0.2) is 11.5 Å². The third kappa shape index (κ3) is 1.57. The molecule has 0 saturated carbocycles. The number of hydrogen-bond acceptors (Lipinski definition) is 4. The van der Waals surface area contributed by atoms with Crippen molar-refractivity contribution in [3.8, 4) is 11.5 Å². The van der Waals surface area contributed by atoms with Crippen molar-refractivity contribution >= 4 is 11.6 Å². The van der Waals surface area contributed by atoms with Crippen LogP contribution in [0.5, 0.6) is 11.5 Å². The Morgan fingerprint density at radius 1 is 1.46 bits per heavy atom. The lowest BCUT2D eigenvalue weighted by Crippen LogP contribution is -2.65. The van der Waals surface area contributed by atoms with Gasteiger partial charge in [0.05, 0.1) is 0 Å². The molecule has 2 bridgehead atoms. The van der Waals surface area contributed by atoms with E-state index in [1.807, 2.05) is 12.2 Å². The van der Waals surface area contributed by atoms with Crippen molar-refractivity contribution < 1.29 is 14.9 Å². The number of piperidine rings is 1. The Kier molecular flexibility index (Phi) is 2.95. The van der Waals surface area contributed by atoms with Gasteiger partial charge in [-0.15, -0.1) is 6.58 Å².